The molecule has 0 aliphatic heterocycles. The second kappa shape index (κ2) is 9.34. The lowest BCUT2D eigenvalue weighted by molar-refractivity contribution is -0.121. The van der Waals surface area contributed by atoms with Crippen molar-refractivity contribution in [2.24, 2.45) is 11.7 Å². The van der Waals surface area contributed by atoms with Crippen LogP contribution in [0.3, 0.4) is 0 Å². The van der Waals surface area contributed by atoms with Crippen LogP contribution >= 0.6 is 0 Å². The summed E-state index contributed by atoms with van der Waals surface area (Å²) >= 11 is 0. The monoisotopic (exact) mass is 256 g/mol. The number of hydrogen-bond acceptors (Lipinski definition) is 3. The molecular formula is C14H28N2O2. The molecule has 0 aromatic rings. The summed E-state index contributed by atoms with van der Waals surface area (Å²) in [6.45, 7) is 4.12. The van der Waals surface area contributed by atoms with Gasteiger partial charge in [-0.3, -0.25) is 4.79 Å². The van der Waals surface area contributed by atoms with Gasteiger partial charge in [0.05, 0.1) is 6.10 Å². The first-order valence-corrected chi connectivity index (χ1v) is 7.36. The largest absolute Gasteiger partial charge is 0.378 e. The summed E-state index contributed by atoms with van der Waals surface area (Å²) in [5, 5.41) is 2.96. The molecule has 0 spiro atoms. The number of carbonyl (C=O) groups is 1. The van der Waals surface area contributed by atoms with Crippen molar-refractivity contribution in [1.82, 2.24) is 5.32 Å². The first kappa shape index (κ1) is 15.4. The maximum absolute atomic E-state index is 11.5. The van der Waals surface area contributed by atoms with E-state index in [0.29, 0.717) is 25.0 Å². The minimum absolute atomic E-state index is 0.113. The fourth-order valence-corrected chi connectivity index (χ4v) is 2.70. The van der Waals surface area contributed by atoms with Gasteiger partial charge in [0.15, 0.2) is 0 Å². The minimum Gasteiger partial charge on any atom is -0.378 e. The van der Waals surface area contributed by atoms with Gasteiger partial charge in [0, 0.05) is 19.6 Å². The fraction of sp³-hybridized carbons (Fsp3) is 0.929. The van der Waals surface area contributed by atoms with Crippen molar-refractivity contribution >= 4 is 5.91 Å². The number of ether oxygens (including phenoxy) is 1. The topological polar surface area (TPSA) is 64.3 Å². The van der Waals surface area contributed by atoms with E-state index in [0.717, 1.165) is 26.0 Å². The van der Waals surface area contributed by atoms with Gasteiger partial charge in [-0.25, -0.2) is 0 Å². The number of nitrogens with two attached hydrogens (primary N) is 1. The molecule has 1 unspecified atom stereocenters. The Morgan fingerprint density at radius 2 is 2.17 bits per heavy atom. The molecule has 0 heterocycles. The molecule has 1 fully saturated rings. The van der Waals surface area contributed by atoms with Crippen LogP contribution in [0.15, 0.2) is 0 Å². The highest BCUT2D eigenvalue weighted by atomic mass is 16.5. The predicted molar refractivity (Wildman–Crippen MR) is 73.3 cm³/mol. The molecular weight excluding hydrogens is 228 g/mol. The van der Waals surface area contributed by atoms with Gasteiger partial charge in [0.25, 0.3) is 0 Å². The van der Waals surface area contributed by atoms with Crippen LogP contribution in [0.4, 0.5) is 0 Å². The molecule has 1 saturated carbocycles. The molecule has 0 radical (unpaired) electrons. The van der Waals surface area contributed by atoms with E-state index < -0.39 is 0 Å². The van der Waals surface area contributed by atoms with E-state index in [1.807, 2.05) is 6.92 Å². The van der Waals surface area contributed by atoms with Crippen LogP contribution in [0.1, 0.15) is 51.9 Å². The van der Waals surface area contributed by atoms with E-state index in [-0.39, 0.29) is 5.91 Å². The average Bonchev–Trinajstić information content (AvgIpc) is 2.89. The van der Waals surface area contributed by atoms with Crippen LogP contribution in [-0.2, 0) is 9.53 Å². The van der Waals surface area contributed by atoms with Crippen molar-refractivity contribution in [3.8, 4) is 0 Å². The maximum Gasteiger partial charge on any atom is 0.220 e. The van der Waals surface area contributed by atoms with Crippen LogP contribution in [0, 0.1) is 5.92 Å². The van der Waals surface area contributed by atoms with Crippen molar-refractivity contribution in [3.05, 3.63) is 0 Å². The van der Waals surface area contributed by atoms with Gasteiger partial charge in [0.1, 0.15) is 0 Å². The van der Waals surface area contributed by atoms with Crippen LogP contribution in [-0.4, -0.2) is 31.7 Å². The molecule has 1 aliphatic rings. The summed E-state index contributed by atoms with van der Waals surface area (Å²) in [5.41, 5.74) is 5.38. The summed E-state index contributed by atoms with van der Waals surface area (Å²) < 4.78 is 5.82. The van der Waals surface area contributed by atoms with E-state index in [9.17, 15) is 4.79 Å². The number of rotatable bonds is 9. The molecule has 0 aromatic heterocycles. The SMILES string of the molecule is CCOC(CCNC(=O)CCCN)C1CCCC1. The highest BCUT2D eigenvalue weighted by Gasteiger charge is 2.25. The second-order valence-electron chi connectivity index (χ2n) is 5.07. The lowest BCUT2D eigenvalue weighted by Gasteiger charge is -2.23. The standard InChI is InChI=1S/C14H28N2O2/c1-2-18-13(12-6-3-4-7-12)9-11-16-14(17)8-5-10-15/h12-13H,2-11,15H2,1H3,(H,16,17). The van der Waals surface area contributed by atoms with Crippen molar-refractivity contribution in [3.63, 3.8) is 0 Å². The number of carbonyl (C=O) groups excluding carboxylic acids is 1. The highest BCUT2D eigenvalue weighted by Crippen LogP contribution is 2.30. The first-order valence-electron chi connectivity index (χ1n) is 7.36. The molecule has 0 bridgehead atoms. The third kappa shape index (κ3) is 5.83. The third-order valence-corrected chi connectivity index (χ3v) is 3.67. The van der Waals surface area contributed by atoms with Crippen molar-refractivity contribution in [1.29, 1.82) is 0 Å². The molecule has 4 nitrogen and oxygen atoms in total. The summed E-state index contributed by atoms with van der Waals surface area (Å²) in [6.07, 6.45) is 7.80. The van der Waals surface area contributed by atoms with Gasteiger partial charge in [0.2, 0.25) is 5.91 Å². The number of nitrogens with one attached hydrogen (secondary N) is 1. The Labute approximate surface area is 111 Å². The Hall–Kier alpha value is -0.610. The van der Waals surface area contributed by atoms with Gasteiger partial charge >= 0.3 is 0 Å². The zero-order chi connectivity index (χ0) is 13.2. The van der Waals surface area contributed by atoms with Crippen LogP contribution in [0.2, 0.25) is 0 Å². The Kier molecular flexibility index (Phi) is 8.01. The molecule has 3 N–H and O–H groups in total. The van der Waals surface area contributed by atoms with Crippen molar-refractivity contribution < 1.29 is 9.53 Å². The van der Waals surface area contributed by atoms with E-state index in [2.05, 4.69) is 5.32 Å². The molecule has 0 aromatic carbocycles. The van der Waals surface area contributed by atoms with E-state index in [4.69, 9.17) is 10.5 Å². The van der Waals surface area contributed by atoms with Gasteiger partial charge in [-0.1, -0.05) is 12.8 Å². The second-order valence-corrected chi connectivity index (χ2v) is 5.07. The van der Waals surface area contributed by atoms with Crippen LogP contribution < -0.4 is 11.1 Å². The third-order valence-electron chi connectivity index (χ3n) is 3.67. The molecule has 1 aliphatic carbocycles. The summed E-state index contributed by atoms with van der Waals surface area (Å²) in [5.74, 6) is 0.813. The molecule has 1 atom stereocenters. The highest BCUT2D eigenvalue weighted by molar-refractivity contribution is 5.75. The summed E-state index contributed by atoms with van der Waals surface area (Å²) in [7, 11) is 0. The van der Waals surface area contributed by atoms with Gasteiger partial charge in [-0.2, -0.15) is 0 Å². The van der Waals surface area contributed by atoms with E-state index in [1.54, 1.807) is 0 Å². The molecule has 4 heteroatoms. The smallest absolute Gasteiger partial charge is 0.220 e. The normalized spacial score (nSPS) is 17.9. The van der Waals surface area contributed by atoms with E-state index >= 15 is 0 Å². The predicted octanol–water partition coefficient (Wildman–Crippen LogP) is 1.83. The Morgan fingerprint density at radius 1 is 1.44 bits per heavy atom. The zero-order valence-corrected chi connectivity index (χ0v) is 11.6. The number of amides is 1. The molecule has 1 rings (SSSR count). The van der Waals surface area contributed by atoms with Gasteiger partial charge < -0.3 is 15.8 Å². The Bertz CT molecular complexity index is 228. The van der Waals surface area contributed by atoms with Gasteiger partial charge in [-0.15, -0.1) is 0 Å². The van der Waals surface area contributed by atoms with Gasteiger partial charge in [-0.05, 0) is 45.1 Å². The minimum atomic E-state index is 0.113. The maximum atomic E-state index is 11.5. The lowest BCUT2D eigenvalue weighted by Crippen LogP contribution is -2.31. The quantitative estimate of drug-likeness (QED) is 0.661. The van der Waals surface area contributed by atoms with Crippen LogP contribution in [0.25, 0.3) is 0 Å². The Balaban J connectivity index is 2.18. The molecule has 106 valence electrons. The number of hydrogen-bond donors (Lipinski definition) is 2. The molecule has 0 saturated heterocycles. The molecule has 1 amide bonds. The fourth-order valence-electron chi connectivity index (χ4n) is 2.70. The zero-order valence-electron chi connectivity index (χ0n) is 11.6. The first-order chi connectivity index (χ1) is 8.77. The van der Waals surface area contributed by atoms with E-state index in [1.165, 1.54) is 25.7 Å². The van der Waals surface area contributed by atoms with Crippen molar-refractivity contribution in [2.45, 2.75) is 58.0 Å². The van der Waals surface area contributed by atoms with Crippen molar-refractivity contribution in [2.75, 3.05) is 19.7 Å². The Morgan fingerprint density at radius 3 is 2.78 bits per heavy atom. The lowest BCUT2D eigenvalue weighted by atomic mass is 9.98. The summed E-state index contributed by atoms with van der Waals surface area (Å²) in [4.78, 5) is 11.5. The molecule has 18 heavy (non-hydrogen) atoms. The van der Waals surface area contributed by atoms with Crippen LogP contribution in [0.5, 0.6) is 0 Å². The average molecular weight is 256 g/mol. The summed E-state index contributed by atoms with van der Waals surface area (Å²) in [6, 6.07) is 0.